The summed E-state index contributed by atoms with van der Waals surface area (Å²) in [5.41, 5.74) is -0.770. The third-order valence-electron chi connectivity index (χ3n) is 6.40. The maximum atomic E-state index is 14.1. The molecule has 2 aromatic rings. The van der Waals surface area contributed by atoms with Crippen LogP contribution in [0.1, 0.15) is 71.1 Å². The normalized spacial score (nSPS) is 15.4. The second-order valence-electron chi connectivity index (χ2n) is 9.18. The van der Waals surface area contributed by atoms with E-state index >= 15 is 0 Å². The number of carbonyl (C=O) groups excluding carboxylic acids is 2. The fraction of sp³-hybridized carbons (Fsp3) is 0.444. The summed E-state index contributed by atoms with van der Waals surface area (Å²) in [5.74, 6) is -1.29. The second-order valence-corrected chi connectivity index (χ2v) is 9.62. The van der Waals surface area contributed by atoms with Crippen molar-refractivity contribution in [2.24, 2.45) is 5.92 Å². The number of anilines is 1. The molecule has 2 heterocycles. The van der Waals surface area contributed by atoms with Crippen molar-refractivity contribution in [3.63, 3.8) is 0 Å². The first kappa shape index (κ1) is 29.3. The third kappa shape index (κ3) is 6.78. The van der Waals surface area contributed by atoms with Crippen LogP contribution < -0.4 is 10.2 Å². The molecule has 3 rings (SSSR count). The van der Waals surface area contributed by atoms with Gasteiger partial charge in [-0.15, -0.1) is 0 Å². The summed E-state index contributed by atoms with van der Waals surface area (Å²) in [6.45, 7) is 8.47. The van der Waals surface area contributed by atoms with Crippen molar-refractivity contribution in [1.29, 1.82) is 0 Å². The fourth-order valence-electron chi connectivity index (χ4n) is 4.59. The van der Waals surface area contributed by atoms with E-state index in [4.69, 9.17) is 11.6 Å². The van der Waals surface area contributed by atoms with Crippen LogP contribution in [0.2, 0.25) is 0 Å². The Balaban J connectivity index is 1.96. The maximum Gasteiger partial charge on any atom is 0.436 e. The number of hydrogen-bond donors (Lipinski definition) is 1. The maximum absolute atomic E-state index is 14.1. The van der Waals surface area contributed by atoms with Crippen molar-refractivity contribution < 1.29 is 27.5 Å². The number of carbonyl (C=O) groups is 2. The van der Waals surface area contributed by atoms with Crippen molar-refractivity contribution >= 4 is 29.3 Å². The monoisotopic (exact) mass is 552 g/mol. The third-order valence-corrected chi connectivity index (χ3v) is 6.68. The predicted octanol–water partition coefficient (Wildman–Crippen LogP) is 6.11. The van der Waals surface area contributed by atoms with Crippen molar-refractivity contribution in [2.45, 2.75) is 51.9 Å². The van der Waals surface area contributed by atoms with E-state index in [1.54, 1.807) is 24.0 Å². The lowest BCUT2D eigenvalue weighted by Crippen LogP contribution is -2.38. The minimum atomic E-state index is -4.82. The minimum absolute atomic E-state index is 0.0514. The number of methoxy groups -OCH3 is 1. The highest BCUT2D eigenvalue weighted by Crippen LogP contribution is 2.38. The number of aryl methyl sites for hydroxylation is 1. The molecule has 38 heavy (non-hydrogen) atoms. The zero-order chi connectivity index (χ0) is 28.0. The number of halogens is 4. The fourth-order valence-corrected chi connectivity index (χ4v) is 4.76. The Labute approximate surface area is 225 Å². The highest BCUT2D eigenvalue weighted by molar-refractivity contribution is 6.31. The molecule has 0 saturated carbocycles. The van der Waals surface area contributed by atoms with Crippen LogP contribution >= 0.6 is 11.6 Å². The lowest BCUT2D eigenvalue weighted by molar-refractivity contribution is -0.141. The molecular weight excluding hydrogens is 521 g/mol. The number of amides is 1. The van der Waals surface area contributed by atoms with Gasteiger partial charge in [0.05, 0.1) is 18.7 Å². The number of benzene rings is 1. The molecule has 7 nitrogen and oxygen atoms in total. The standard InChI is InChI=1S/C27H32ClF3N4O3/c1-5-8-18(15-21(28)6-2)16-34-13-7-14-35-25(34)22(23(33-35)27(29,30)31)24(36)32-17(3)19-9-11-20(12-10-19)26(37)38-4/h6,9-12,15,17-18H,2,5,7-8,13-14,16H2,1,3-4H3,(H,32,36)/b21-15+. The predicted molar refractivity (Wildman–Crippen MR) is 140 cm³/mol. The average molecular weight is 553 g/mol. The Morgan fingerprint density at radius 1 is 1.26 bits per heavy atom. The molecule has 0 saturated heterocycles. The van der Waals surface area contributed by atoms with E-state index in [0.29, 0.717) is 35.7 Å². The van der Waals surface area contributed by atoms with E-state index in [-0.39, 0.29) is 18.3 Å². The van der Waals surface area contributed by atoms with Crippen molar-refractivity contribution in [3.05, 3.63) is 70.4 Å². The largest absolute Gasteiger partial charge is 0.465 e. The van der Waals surface area contributed by atoms with Crippen LogP contribution in [0.4, 0.5) is 19.0 Å². The lowest BCUT2D eigenvalue weighted by atomic mass is 10.0. The first-order chi connectivity index (χ1) is 18.0. The average Bonchev–Trinajstić information content (AvgIpc) is 3.30. The Hall–Kier alpha value is -3.27. The summed E-state index contributed by atoms with van der Waals surface area (Å²) in [7, 11) is 1.27. The van der Waals surface area contributed by atoms with Gasteiger partial charge >= 0.3 is 12.1 Å². The summed E-state index contributed by atoms with van der Waals surface area (Å²) in [6.07, 6.45) is 0.753. The molecule has 1 aliphatic heterocycles. The lowest BCUT2D eigenvalue weighted by Gasteiger charge is -2.33. The summed E-state index contributed by atoms with van der Waals surface area (Å²) < 4.78 is 48.2. The first-order valence-electron chi connectivity index (χ1n) is 12.4. The molecule has 11 heteroatoms. The minimum Gasteiger partial charge on any atom is -0.465 e. The molecule has 1 N–H and O–H groups in total. The molecule has 0 fully saturated rings. The molecule has 1 aliphatic rings. The van der Waals surface area contributed by atoms with Gasteiger partial charge in [-0.2, -0.15) is 18.3 Å². The number of hydrogen-bond acceptors (Lipinski definition) is 5. The van der Waals surface area contributed by atoms with E-state index < -0.39 is 35.4 Å². The van der Waals surface area contributed by atoms with Crippen LogP contribution in [0.5, 0.6) is 0 Å². The zero-order valence-electron chi connectivity index (χ0n) is 21.6. The molecule has 2 atom stereocenters. The van der Waals surface area contributed by atoms with Crippen LogP contribution in [0, 0.1) is 5.92 Å². The molecule has 1 aromatic carbocycles. The van der Waals surface area contributed by atoms with E-state index in [1.807, 2.05) is 13.0 Å². The molecule has 0 radical (unpaired) electrons. The SMILES string of the molecule is C=C/C(Cl)=C\C(CCC)CN1CCCn2nc(C(F)(F)F)c(C(=O)NC(C)c3ccc(C(=O)OC)cc3)c21. The number of nitrogens with one attached hydrogen (secondary N) is 1. The Morgan fingerprint density at radius 3 is 2.53 bits per heavy atom. The number of esters is 1. The molecule has 206 valence electrons. The number of ether oxygens (including phenoxy) is 1. The van der Waals surface area contributed by atoms with Gasteiger partial charge in [0.1, 0.15) is 11.4 Å². The second kappa shape index (κ2) is 12.5. The Bertz CT molecular complexity index is 1190. The summed E-state index contributed by atoms with van der Waals surface area (Å²) in [6, 6.07) is 5.67. The number of alkyl halides is 3. The highest BCUT2D eigenvalue weighted by atomic mass is 35.5. The van der Waals surface area contributed by atoms with Gasteiger partial charge in [0.2, 0.25) is 0 Å². The molecule has 0 bridgehead atoms. The number of rotatable bonds is 10. The van der Waals surface area contributed by atoms with Crippen LogP contribution in [0.3, 0.4) is 0 Å². The summed E-state index contributed by atoms with van der Waals surface area (Å²) in [4.78, 5) is 26.9. The van der Waals surface area contributed by atoms with Crippen molar-refractivity contribution in [2.75, 3.05) is 25.1 Å². The number of allylic oxidation sites excluding steroid dienone is 2. The molecule has 1 aromatic heterocycles. The van der Waals surface area contributed by atoms with Gasteiger partial charge in [-0.3, -0.25) is 4.79 Å². The van der Waals surface area contributed by atoms with Gasteiger partial charge in [-0.1, -0.05) is 55.8 Å². The van der Waals surface area contributed by atoms with E-state index in [1.165, 1.54) is 30.0 Å². The highest BCUT2D eigenvalue weighted by Gasteiger charge is 2.43. The van der Waals surface area contributed by atoms with E-state index in [2.05, 4.69) is 21.7 Å². The number of aromatic nitrogens is 2. The van der Waals surface area contributed by atoms with E-state index in [9.17, 15) is 22.8 Å². The van der Waals surface area contributed by atoms with Crippen LogP contribution in [0.25, 0.3) is 0 Å². The van der Waals surface area contributed by atoms with Crippen LogP contribution in [-0.4, -0.2) is 41.9 Å². The zero-order valence-corrected chi connectivity index (χ0v) is 22.4. The van der Waals surface area contributed by atoms with Crippen molar-refractivity contribution in [3.8, 4) is 0 Å². The van der Waals surface area contributed by atoms with Gasteiger partial charge in [0.15, 0.2) is 5.69 Å². The first-order valence-corrected chi connectivity index (χ1v) is 12.8. The van der Waals surface area contributed by atoms with Gasteiger partial charge in [0, 0.05) is 24.7 Å². The van der Waals surface area contributed by atoms with Crippen LogP contribution in [0.15, 0.2) is 48.0 Å². The smallest absolute Gasteiger partial charge is 0.436 e. The van der Waals surface area contributed by atoms with Gasteiger partial charge in [0.25, 0.3) is 5.91 Å². The summed E-state index contributed by atoms with van der Waals surface area (Å²) in [5, 5.41) is 6.97. The van der Waals surface area contributed by atoms with Gasteiger partial charge in [-0.05, 0) is 43.4 Å². The number of nitrogens with zero attached hydrogens (tertiary/aromatic N) is 3. The molecule has 0 spiro atoms. The van der Waals surface area contributed by atoms with E-state index in [0.717, 1.165) is 12.8 Å². The topological polar surface area (TPSA) is 76.5 Å². The molecule has 2 unspecified atom stereocenters. The molecule has 0 aliphatic carbocycles. The Kier molecular flexibility index (Phi) is 9.65. The molecule has 1 amide bonds. The quantitative estimate of drug-likeness (QED) is 0.284. The van der Waals surface area contributed by atoms with Gasteiger partial charge < -0.3 is 15.0 Å². The number of fused-ring (bicyclic) bond motifs is 1. The van der Waals surface area contributed by atoms with Crippen LogP contribution in [-0.2, 0) is 17.5 Å². The van der Waals surface area contributed by atoms with Gasteiger partial charge in [-0.25, -0.2) is 9.48 Å². The Morgan fingerprint density at radius 2 is 1.95 bits per heavy atom. The molecular formula is C27H32ClF3N4O3. The summed E-state index contributed by atoms with van der Waals surface area (Å²) >= 11 is 6.18. The van der Waals surface area contributed by atoms with Crippen molar-refractivity contribution in [1.82, 2.24) is 15.1 Å².